The van der Waals surface area contributed by atoms with Crippen LogP contribution in [0.3, 0.4) is 0 Å². The lowest BCUT2D eigenvalue weighted by molar-refractivity contribution is -0.140. The summed E-state index contributed by atoms with van der Waals surface area (Å²) >= 11 is 0. The van der Waals surface area contributed by atoms with Crippen LogP contribution in [0.5, 0.6) is 0 Å². The Morgan fingerprint density at radius 2 is 1.28 bits per heavy atom. The zero-order chi connectivity index (χ0) is 13.5. The summed E-state index contributed by atoms with van der Waals surface area (Å²) in [5.74, 6) is -0.0948. The third-order valence-corrected chi connectivity index (χ3v) is 3.14. The summed E-state index contributed by atoms with van der Waals surface area (Å²) in [6.07, 6.45) is 14.9. The molecule has 0 aromatic rings. The molecule has 0 N–H and O–H groups in total. The minimum absolute atomic E-state index is 0.0948. The molecule has 1 radical (unpaired) electrons. The lowest BCUT2D eigenvalue weighted by atomic mass is 10.1. The van der Waals surface area contributed by atoms with E-state index in [0.29, 0.717) is 12.8 Å². The molecule has 18 heavy (non-hydrogen) atoms. The van der Waals surface area contributed by atoms with Gasteiger partial charge in [-0.25, -0.2) is 0 Å². The fourth-order valence-corrected chi connectivity index (χ4v) is 1.98. The van der Waals surface area contributed by atoms with E-state index in [1.807, 2.05) is 6.29 Å². The molecule has 0 fully saturated rings. The van der Waals surface area contributed by atoms with Gasteiger partial charge in [0, 0.05) is 12.8 Å². The maximum atomic E-state index is 10.8. The molecule has 0 spiro atoms. The van der Waals surface area contributed by atoms with Crippen molar-refractivity contribution in [2.24, 2.45) is 0 Å². The monoisotopic (exact) mass is 255 g/mol. The predicted octanol–water partition coefficient (Wildman–Crippen LogP) is 3.95. The molecular weight excluding hydrogens is 228 g/mol. The van der Waals surface area contributed by atoms with E-state index < -0.39 is 0 Å². The Balaban J connectivity index is 2.98. The molecule has 0 saturated heterocycles. The van der Waals surface area contributed by atoms with Gasteiger partial charge in [-0.2, -0.15) is 0 Å². The quantitative estimate of drug-likeness (QED) is 0.370. The van der Waals surface area contributed by atoms with Crippen LogP contribution in [0.15, 0.2) is 0 Å². The van der Waals surface area contributed by atoms with E-state index in [2.05, 4.69) is 4.74 Å². The van der Waals surface area contributed by atoms with E-state index in [4.69, 9.17) is 0 Å². The van der Waals surface area contributed by atoms with Gasteiger partial charge in [0.25, 0.3) is 0 Å². The maximum absolute atomic E-state index is 10.8. The summed E-state index contributed by atoms with van der Waals surface area (Å²) in [4.78, 5) is 20.8. The first kappa shape index (κ1) is 17.1. The van der Waals surface area contributed by atoms with Gasteiger partial charge in [-0.15, -0.1) is 0 Å². The van der Waals surface area contributed by atoms with E-state index >= 15 is 0 Å². The maximum Gasteiger partial charge on any atom is 0.305 e. The topological polar surface area (TPSA) is 43.4 Å². The molecule has 0 amide bonds. The van der Waals surface area contributed by atoms with Gasteiger partial charge in [0.2, 0.25) is 0 Å². The number of carbonyl (C=O) groups excluding carboxylic acids is 2. The molecule has 3 heteroatoms. The molecule has 0 saturated carbocycles. The van der Waals surface area contributed by atoms with Crippen molar-refractivity contribution in [2.75, 3.05) is 7.11 Å². The highest BCUT2D eigenvalue weighted by molar-refractivity contribution is 5.68. The summed E-state index contributed by atoms with van der Waals surface area (Å²) in [5.41, 5.74) is 0. The van der Waals surface area contributed by atoms with Crippen molar-refractivity contribution in [3.05, 3.63) is 0 Å². The van der Waals surface area contributed by atoms with E-state index in [1.165, 1.54) is 45.6 Å². The van der Waals surface area contributed by atoms with Crippen LogP contribution in [-0.2, 0) is 14.3 Å². The second kappa shape index (κ2) is 14.2. The molecule has 0 aromatic carbocycles. The highest BCUT2D eigenvalue weighted by Gasteiger charge is 1.99. The Kier molecular flexibility index (Phi) is 13.5. The van der Waals surface area contributed by atoms with Crippen molar-refractivity contribution < 1.29 is 14.3 Å². The van der Waals surface area contributed by atoms with Crippen molar-refractivity contribution in [3.63, 3.8) is 0 Å². The van der Waals surface area contributed by atoms with Gasteiger partial charge < -0.3 is 4.74 Å². The number of carbonyl (C=O) groups is 1. The minimum atomic E-state index is -0.0948. The van der Waals surface area contributed by atoms with Crippen molar-refractivity contribution in [3.8, 4) is 0 Å². The molecule has 0 heterocycles. The summed E-state index contributed by atoms with van der Waals surface area (Å²) in [6.45, 7) is 0. The SMILES string of the molecule is COC(=O)CCCCCCCCCCCC[C]=O. The first-order chi connectivity index (χ1) is 8.81. The highest BCUT2D eigenvalue weighted by atomic mass is 16.5. The number of hydrogen-bond acceptors (Lipinski definition) is 3. The number of rotatable bonds is 13. The van der Waals surface area contributed by atoms with Gasteiger partial charge in [0.05, 0.1) is 7.11 Å². The summed E-state index contributed by atoms with van der Waals surface area (Å²) < 4.78 is 4.59. The van der Waals surface area contributed by atoms with Crippen molar-refractivity contribution in [1.29, 1.82) is 0 Å². The third-order valence-electron chi connectivity index (χ3n) is 3.14. The number of methoxy groups -OCH3 is 1. The van der Waals surface area contributed by atoms with E-state index in [0.717, 1.165) is 25.7 Å². The fraction of sp³-hybridized carbons (Fsp3) is 0.867. The Morgan fingerprint density at radius 3 is 1.72 bits per heavy atom. The molecule has 0 unspecified atom stereocenters. The molecule has 0 aliphatic carbocycles. The van der Waals surface area contributed by atoms with Crippen LogP contribution < -0.4 is 0 Å². The van der Waals surface area contributed by atoms with E-state index in [-0.39, 0.29) is 5.97 Å². The normalized spacial score (nSPS) is 10.3. The second-order valence-electron chi connectivity index (χ2n) is 4.76. The van der Waals surface area contributed by atoms with Crippen LogP contribution in [0.2, 0.25) is 0 Å². The first-order valence-electron chi connectivity index (χ1n) is 7.23. The van der Waals surface area contributed by atoms with Crippen molar-refractivity contribution in [1.82, 2.24) is 0 Å². The minimum Gasteiger partial charge on any atom is -0.469 e. The highest BCUT2D eigenvalue weighted by Crippen LogP contribution is 2.11. The standard InChI is InChI=1S/C15H27O3/c1-18-15(17)13-11-9-7-5-3-2-4-6-8-10-12-14-16/h2-13H2,1H3. The average Bonchev–Trinajstić information content (AvgIpc) is 2.39. The van der Waals surface area contributed by atoms with Gasteiger partial charge in [-0.1, -0.05) is 51.4 Å². The number of hydrogen-bond donors (Lipinski definition) is 0. The molecular formula is C15H27O3. The number of ether oxygens (including phenoxy) is 1. The first-order valence-corrected chi connectivity index (χ1v) is 7.23. The molecule has 3 nitrogen and oxygen atoms in total. The predicted molar refractivity (Wildman–Crippen MR) is 73.1 cm³/mol. The lowest BCUT2D eigenvalue weighted by Crippen LogP contribution is -1.99. The van der Waals surface area contributed by atoms with Gasteiger partial charge in [0.15, 0.2) is 6.29 Å². The van der Waals surface area contributed by atoms with Crippen LogP contribution >= 0.6 is 0 Å². The van der Waals surface area contributed by atoms with E-state index in [9.17, 15) is 9.59 Å². The molecule has 0 aliphatic heterocycles. The summed E-state index contributed by atoms with van der Waals surface area (Å²) in [6, 6.07) is 0. The largest absolute Gasteiger partial charge is 0.469 e. The van der Waals surface area contributed by atoms with Crippen molar-refractivity contribution in [2.45, 2.75) is 77.0 Å². The lowest BCUT2D eigenvalue weighted by Gasteiger charge is -2.02. The molecule has 105 valence electrons. The molecule has 0 rings (SSSR count). The molecule has 0 aliphatic rings. The zero-order valence-electron chi connectivity index (χ0n) is 11.7. The zero-order valence-corrected chi connectivity index (χ0v) is 11.7. The Morgan fingerprint density at radius 1 is 0.833 bits per heavy atom. The smallest absolute Gasteiger partial charge is 0.305 e. The fourth-order valence-electron chi connectivity index (χ4n) is 1.98. The molecule has 0 atom stereocenters. The Bertz CT molecular complexity index is 202. The van der Waals surface area contributed by atoms with Gasteiger partial charge in [-0.3, -0.25) is 9.59 Å². The Hall–Kier alpha value is -0.860. The summed E-state index contributed by atoms with van der Waals surface area (Å²) in [5, 5.41) is 0. The van der Waals surface area contributed by atoms with Crippen LogP contribution in [0.4, 0.5) is 0 Å². The van der Waals surface area contributed by atoms with Crippen LogP contribution in [-0.4, -0.2) is 19.4 Å². The number of unbranched alkanes of at least 4 members (excludes halogenated alkanes) is 10. The van der Waals surface area contributed by atoms with E-state index in [1.54, 1.807) is 0 Å². The van der Waals surface area contributed by atoms with Crippen LogP contribution in [0.25, 0.3) is 0 Å². The Labute approximate surface area is 111 Å². The van der Waals surface area contributed by atoms with Crippen molar-refractivity contribution >= 4 is 12.3 Å². The van der Waals surface area contributed by atoms with Gasteiger partial charge in [-0.05, 0) is 12.8 Å². The molecule has 0 aromatic heterocycles. The van der Waals surface area contributed by atoms with Gasteiger partial charge in [0.1, 0.15) is 0 Å². The van der Waals surface area contributed by atoms with Crippen LogP contribution in [0.1, 0.15) is 77.0 Å². The van der Waals surface area contributed by atoms with Crippen LogP contribution in [0, 0.1) is 0 Å². The average molecular weight is 255 g/mol. The molecule has 0 bridgehead atoms. The third kappa shape index (κ3) is 13.2. The second-order valence-corrected chi connectivity index (χ2v) is 4.76. The summed E-state index contributed by atoms with van der Waals surface area (Å²) in [7, 11) is 1.44. The van der Waals surface area contributed by atoms with Gasteiger partial charge >= 0.3 is 5.97 Å². The number of esters is 1.